The Morgan fingerprint density at radius 3 is 2.35 bits per heavy atom. The molecule has 1 aromatic heterocycles. The molecule has 122 valence electrons. The van der Waals surface area contributed by atoms with Crippen molar-refractivity contribution >= 4 is 5.91 Å². The summed E-state index contributed by atoms with van der Waals surface area (Å²) in [5, 5.41) is 0. The van der Waals surface area contributed by atoms with Crippen LogP contribution in [0.1, 0.15) is 21.9 Å². The Hall–Kier alpha value is -2.43. The minimum Gasteiger partial charge on any atom is -0.497 e. The Labute approximate surface area is 135 Å². The van der Waals surface area contributed by atoms with Crippen molar-refractivity contribution < 1.29 is 18.7 Å². The van der Waals surface area contributed by atoms with E-state index in [4.69, 9.17) is 13.9 Å². The maximum Gasteiger partial charge on any atom is 0.289 e. The molecule has 0 spiro atoms. The zero-order valence-corrected chi connectivity index (χ0v) is 13.7. The number of amides is 1. The van der Waals surface area contributed by atoms with Gasteiger partial charge in [-0.05, 0) is 49.1 Å². The predicted molar refractivity (Wildman–Crippen MR) is 86.1 cm³/mol. The third kappa shape index (κ3) is 3.33. The summed E-state index contributed by atoms with van der Waals surface area (Å²) in [6, 6.07) is 9.44. The fraction of sp³-hybridized carbons (Fsp3) is 0.389. The van der Waals surface area contributed by atoms with E-state index in [9.17, 15) is 4.79 Å². The summed E-state index contributed by atoms with van der Waals surface area (Å²) >= 11 is 0. The van der Waals surface area contributed by atoms with Gasteiger partial charge in [0.1, 0.15) is 17.3 Å². The normalized spacial score (nSPS) is 14.5. The van der Waals surface area contributed by atoms with Crippen LogP contribution in [-0.2, 0) is 6.42 Å². The van der Waals surface area contributed by atoms with Crippen LogP contribution in [0.3, 0.4) is 0 Å². The highest BCUT2D eigenvalue weighted by molar-refractivity contribution is 5.92. The number of aryl methyl sites for hydroxylation is 1. The number of carbonyl (C=O) groups is 1. The fourth-order valence-corrected chi connectivity index (χ4v) is 2.89. The van der Waals surface area contributed by atoms with Crippen LogP contribution in [0.2, 0.25) is 0 Å². The Bertz CT molecular complexity index is 679. The van der Waals surface area contributed by atoms with Crippen molar-refractivity contribution in [3.63, 3.8) is 0 Å². The third-order valence-electron chi connectivity index (χ3n) is 4.13. The Balaban J connectivity index is 1.59. The zero-order valence-electron chi connectivity index (χ0n) is 13.7. The second kappa shape index (κ2) is 6.36. The second-order valence-corrected chi connectivity index (χ2v) is 5.91. The minimum atomic E-state index is -0.0300. The van der Waals surface area contributed by atoms with Gasteiger partial charge in [-0.3, -0.25) is 4.79 Å². The van der Waals surface area contributed by atoms with E-state index < -0.39 is 0 Å². The SMILES string of the molecule is COc1cc(CC2CN(C(=O)c3ccc(C)o3)C2)cc(OC)c1. The number of rotatable bonds is 5. The highest BCUT2D eigenvalue weighted by Crippen LogP contribution is 2.28. The van der Waals surface area contributed by atoms with E-state index in [1.807, 2.05) is 36.1 Å². The summed E-state index contributed by atoms with van der Waals surface area (Å²) in [6.07, 6.45) is 0.897. The lowest BCUT2D eigenvalue weighted by Crippen LogP contribution is -2.50. The number of nitrogens with zero attached hydrogens (tertiary/aromatic N) is 1. The Kier molecular flexibility index (Phi) is 4.28. The molecule has 0 saturated carbocycles. The second-order valence-electron chi connectivity index (χ2n) is 5.91. The molecule has 0 atom stereocenters. The van der Waals surface area contributed by atoms with Crippen LogP contribution in [0.25, 0.3) is 0 Å². The molecule has 5 heteroatoms. The maximum atomic E-state index is 12.2. The zero-order chi connectivity index (χ0) is 16.4. The van der Waals surface area contributed by atoms with E-state index in [0.717, 1.165) is 42.3 Å². The van der Waals surface area contributed by atoms with E-state index in [0.29, 0.717) is 11.7 Å². The van der Waals surface area contributed by atoms with Crippen LogP contribution in [-0.4, -0.2) is 38.1 Å². The van der Waals surface area contributed by atoms with E-state index in [1.54, 1.807) is 20.3 Å². The van der Waals surface area contributed by atoms with Crippen LogP contribution in [0.15, 0.2) is 34.7 Å². The van der Waals surface area contributed by atoms with Gasteiger partial charge in [0.15, 0.2) is 5.76 Å². The van der Waals surface area contributed by atoms with Crippen molar-refractivity contribution in [2.45, 2.75) is 13.3 Å². The number of carbonyl (C=O) groups excluding carboxylic acids is 1. The van der Waals surface area contributed by atoms with Crippen molar-refractivity contribution in [3.8, 4) is 11.5 Å². The molecule has 1 aromatic carbocycles. The fourth-order valence-electron chi connectivity index (χ4n) is 2.89. The van der Waals surface area contributed by atoms with Crippen LogP contribution in [0, 0.1) is 12.8 Å². The summed E-state index contributed by atoms with van der Waals surface area (Å²) in [5.41, 5.74) is 1.16. The largest absolute Gasteiger partial charge is 0.497 e. The molecule has 0 bridgehead atoms. The van der Waals surface area contributed by atoms with Crippen molar-refractivity contribution in [2.24, 2.45) is 5.92 Å². The molecule has 3 rings (SSSR count). The van der Waals surface area contributed by atoms with Crippen LogP contribution < -0.4 is 9.47 Å². The topological polar surface area (TPSA) is 51.9 Å². The molecule has 0 aliphatic carbocycles. The number of furan rings is 1. The number of hydrogen-bond acceptors (Lipinski definition) is 4. The van der Waals surface area contributed by atoms with Gasteiger partial charge < -0.3 is 18.8 Å². The number of hydrogen-bond donors (Lipinski definition) is 0. The molecule has 0 radical (unpaired) electrons. The summed E-state index contributed by atoms with van der Waals surface area (Å²) in [5.74, 6) is 3.18. The van der Waals surface area contributed by atoms with Gasteiger partial charge in [-0.2, -0.15) is 0 Å². The smallest absolute Gasteiger partial charge is 0.289 e. The van der Waals surface area contributed by atoms with Gasteiger partial charge in [0.05, 0.1) is 14.2 Å². The lowest BCUT2D eigenvalue weighted by Gasteiger charge is -2.39. The lowest BCUT2D eigenvalue weighted by atomic mass is 9.91. The van der Waals surface area contributed by atoms with Gasteiger partial charge in [0.25, 0.3) is 5.91 Å². The number of benzene rings is 1. The van der Waals surface area contributed by atoms with Gasteiger partial charge in [-0.15, -0.1) is 0 Å². The summed E-state index contributed by atoms with van der Waals surface area (Å²) in [7, 11) is 3.29. The first kappa shape index (κ1) is 15.5. The first-order chi connectivity index (χ1) is 11.1. The molecule has 23 heavy (non-hydrogen) atoms. The molecule has 1 aliphatic heterocycles. The van der Waals surface area contributed by atoms with E-state index >= 15 is 0 Å². The monoisotopic (exact) mass is 315 g/mol. The van der Waals surface area contributed by atoms with Gasteiger partial charge >= 0.3 is 0 Å². The minimum absolute atomic E-state index is 0.0300. The summed E-state index contributed by atoms with van der Waals surface area (Å²) in [4.78, 5) is 14.1. The maximum absolute atomic E-state index is 12.2. The molecule has 5 nitrogen and oxygen atoms in total. The molecule has 0 N–H and O–H groups in total. The molecule has 2 aromatic rings. The highest BCUT2D eigenvalue weighted by atomic mass is 16.5. The molecule has 1 aliphatic rings. The van der Waals surface area contributed by atoms with E-state index in [-0.39, 0.29) is 5.91 Å². The molecule has 2 heterocycles. The van der Waals surface area contributed by atoms with Gasteiger partial charge in [0, 0.05) is 19.2 Å². The van der Waals surface area contributed by atoms with Gasteiger partial charge in [-0.1, -0.05) is 0 Å². The van der Waals surface area contributed by atoms with Gasteiger partial charge in [-0.25, -0.2) is 0 Å². The molecular weight excluding hydrogens is 294 g/mol. The summed E-state index contributed by atoms with van der Waals surface area (Å²) in [6.45, 7) is 3.34. The number of likely N-dealkylation sites (tertiary alicyclic amines) is 1. The van der Waals surface area contributed by atoms with E-state index in [2.05, 4.69) is 0 Å². The molecular formula is C18H21NO4. The van der Waals surface area contributed by atoms with E-state index in [1.165, 1.54) is 0 Å². The van der Waals surface area contributed by atoms with Crippen LogP contribution in [0.4, 0.5) is 0 Å². The van der Waals surface area contributed by atoms with Crippen LogP contribution in [0.5, 0.6) is 11.5 Å². The molecule has 1 fully saturated rings. The van der Waals surface area contributed by atoms with Crippen molar-refractivity contribution in [1.29, 1.82) is 0 Å². The van der Waals surface area contributed by atoms with Crippen molar-refractivity contribution in [1.82, 2.24) is 4.90 Å². The molecule has 1 saturated heterocycles. The first-order valence-electron chi connectivity index (χ1n) is 7.66. The Morgan fingerprint density at radius 2 is 1.83 bits per heavy atom. The lowest BCUT2D eigenvalue weighted by molar-refractivity contribution is 0.0468. The van der Waals surface area contributed by atoms with Crippen molar-refractivity contribution in [3.05, 3.63) is 47.4 Å². The average Bonchev–Trinajstić information content (AvgIpc) is 2.96. The predicted octanol–water partition coefficient (Wildman–Crippen LogP) is 2.92. The van der Waals surface area contributed by atoms with Gasteiger partial charge in [0.2, 0.25) is 0 Å². The van der Waals surface area contributed by atoms with Crippen molar-refractivity contribution in [2.75, 3.05) is 27.3 Å². The summed E-state index contributed by atoms with van der Waals surface area (Å²) < 4.78 is 16.0. The molecule has 1 amide bonds. The Morgan fingerprint density at radius 1 is 1.17 bits per heavy atom. The third-order valence-corrected chi connectivity index (χ3v) is 4.13. The molecule has 0 unspecified atom stereocenters. The van der Waals surface area contributed by atoms with Crippen LogP contribution >= 0.6 is 0 Å². The number of ether oxygens (including phenoxy) is 2. The highest BCUT2D eigenvalue weighted by Gasteiger charge is 2.32. The standard InChI is InChI=1S/C18H21NO4/c1-12-4-5-17(23-12)18(20)19-10-14(11-19)6-13-7-15(21-2)9-16(8-13)22-3/h4-5,7-9,14H,6,10-11H2,1-3H3. The quantitative estimate of drug-likeness (QED) is 0.851. The number of methoxy groups -OCH3 is 2. The average molecular weight is 315 g/mol. The first-order valence-corrected chi connectivity index (χ1v) is 7.66.